The molecule has 0 N–H and O–H groups in total. The quantitative estimate of drug-likeness (QED) is 0.0199. The van der Waals surface area contributed by atoms with Gasteiger partial charge in [0.25, 0.3) is 0 Å². The van der Waals surface area contributed by atoms with Crippen molar-refractivity contribution in [3.8, 4) is 0 Å². The van der Waals surface area contributed by atoms with E-state index >= 15 is 0 Å². The van der Waals surface area contributed by atoms with Gasteiger partial charge in [0.15, 0.2) is 6.10 Å². The van der Waals surface area contributed by atoms with Crippen molar-refractivity contribution in [3.63, 3.8) is 0 Å². The lowest BCUT2D eigenvalue weighted by Crippen LogP contribution is -2.55. The summed E-state index contributed by atoms with van der Waals surface area (Å²) in [5, 5.41) is 11.6. The first-order valence-corrected chi connectivity index (χ1v) is 23.5. The Hall–Kier alpha value is -3.23. The van der Waals surface area contributed by atoms with E-state index in [1.165, 1.54) is 109 Å². The lowest BCUT2D eigenvalue weighted by molar-refractivity contribution is -0.889. The molecule has 0 radical (unpaired) electrons. The maximum atomic E-state index is 12.7. The minimum atomic E-state index is -1.14. The highest BCUT2D eigenvalue weighted by molar-refractivity contribution is 5.70. The molecule has 8 heteroatoms. The fraction of sp³-hybridized carbons (Fsp3) is 0.706. The highest BCUT2D eigenvalue weighted by Crippen LogP contribution is 2.14. The number of rotatable bonds is 41. The van der Waals surface area contributed by atoms with Gasteiger partial charge in [0.05, 0.1) is 40.3 Å². The fourth-order valence-corrected chi connectivity index (χ4v) is 6.57. The van der Waals surface area contributed by atoms with Gasteiger partial charge in [-0.25, -0.2) is 0 Å². The van der Waals surface area contributed by atoms with Crippen LogP contribution in [-0.2, 0) is 28.6 Å². The van der Waals surface area contributed by atoms with Crippen molar-refractivity contribution in [1.82, 2.24) is 0 Å². The zero-order valence-electron chi connectivity index (χ0n) is 38.4. The standard InChI is InChI=1S/C51H87NO7/c1-6-8-10-12-14-16-18-20-21-22-23-24-25-26-27-28-30-32-34-36-38-40-42-50(54)59-47(45-57-44-43-48(51(55)56)52(3,4)5)46-58-49(53)41-39-37-35-33-31-29-19-17-15-13-11-9-7-2/h9,11,13,15,17,19,25-26,29,31,33,35,47-48H,6-8,10,12,14,16,18,20-24,27-28,30,32,34,36-46H2,1-5H3/b11-9+,15-13+,19-17+,26-25+,31-29+,35-33+. The minimum Gasteiger partial charge on any atom is -0.544 e. The molecule has 2 unspecified atom stereocenters. The van der Waals surface area contributed by atoms with E-state index in [4.69, 9.17) is 14.2 Å². The van der Waals surface area contributed by atoms with Gasteiger partial charge in [-0.3, -0.25) is 9.59 Å². The van der Waals surface area contributed by atoms with Crippen molar-refractivity contribution >= 4 is 17.9 Å². The van der Waals surface area contributed by atoms with Crippen molar-refractivity contribution in [2.24, 2.45) is 0 Å². The van der Waals surface area contributed by atoms with Crippen LogP contribution in [0.1, 0.15) is 181 Å². The van der Waals surface area contributed by atoms with Gasteiger partial charge in [0, 0.05) is 19.3 Å². The van der Waals surface area contributed by atoms with Crippen LogP contribution in [-0.4, -0.2) is 75.5 Å². The number of carbonyl (C=O) groups is 3. The largest absolute Gasteiger partial charge is 0.544 e. The van der Waals surface area contributed by atoms with Gasteiger partial charge in [-0.2, -0.15) is 0 Å². The summed E-state index contributed by atoms with van der Waals surface area (Å²) in [5.41, 5.74) is 0. The molecule has 0 amide bonds. The van der Waals surface area contributed by atoms with Crippen molar-refractivity contribution in [1.29, 1.82) is 0 Å². The molecule has 0 fully saturated rings. The fourth-order valence-electron chi connectivity index (χ4n) is 6.57. The van der Waals surface area contributed by atoms with Crippen LogP contribution in [0.2, 0.25) is 0 Å². The second-order valence-corrected chi connectivity index (χ2v) is 16.7. The van der Waals surface area contributed by atoms with Crippen molar-refractivity contribution in [2.75, 3.05) is 41.0 Å². The first-order valence-electron chi connectivity index (χ1n) is 23.5. The second-order valence-electron chi connectivity index (χ2n) is 16.7. The number of carboxylic acids is 1. The molecule has 0 aliphatic rings. The molecule has 0 aromatic carbocycles. The highest BCUT2D eigenvalue weighted by Gasteiger charge is 2.25. The minimum absolute atomic E-state index is 0.0131. The van der Waals surface area contributed by atoms with Gasteiger partial charge >= 0.3 is 11.9 Å². The number of hydrogen-bond acceptors (Lipinski definition) is 7. The molecular formula is C51H87NO7. The third kappa shape index (κ3) is 40.0. The zero-order chi connectivity index (χ0) is 43.5. The molecule has 0 saturated heterocycles. The van der Waals surface area contributed by atoms with Gasteiger partial charge in [0.2, 0.25) is 0 Å². The first kappa shape index (κ1) is 55.8. The summed E-state index contributed by atoms with van der Waals surface area (Å²) in [6.45, 7) is 4.43. The monoisotopic (exact) mass is 826 g/mol. The van der Waals surface area contributed by atoms with Crippen LogP contribution < -0.4 is 5.11 Å². The summed E-state index contributed by atoms with van der Waals surface area (Å²) in [4.78, 5) is 36.8. The van der Waals surface area contributed by atoms with E-state index in [9.17, 15) is 19.5 Å². The lowest BCUT2D eigenvalue weighted by Gasteiger charge is -2.34. The summed E-state index contributed by atoms with van der Waals surface area (Å²) in [7, 11) is 5.38. The number of unbranched alkanes of at least 4 members (excludes halogenated alkanes) is 19. The van der Waals surface area contributed by atoms with E-state index in [-0.39, 0.29) is 49.1 Å². The Balaban J connectivity index is 4.34. The van der Waals surface area contributed by atoms with Crippen LogP contribution in [0.15, 0.2) is 72.9 Å². The number of likely N-dealkylation sites (N-methyl/N-ethyl adjacent to an activating group) is 1. The summed E-state index contributed by atoms with van der Waals surface area (Å²) >= 11 is 0. The molecule has 338 valence electrons. The van der Waals surface area contributed by atoms with Crippen LogP contribution in [0.4, 0.5) is 0 Å². The number of carboxylic acid groups (broad SMARTS) is 1. The predicted molar refractivity (Wildman–Crippen MR) is 245 cm³/mol. The van der Waals surface area contributed by atoms with Crippen LogP contribution in [0, 0.1) is 0 Å². The van der Waals surface area contributed by atoms with Crippen LogP contribution in [0.3, 0.4) is 0 Å². The van der Waals surface area contributed by atoms with E-state index in [0.717, 1.165) is 32.1 Å². The van der Waals surface area contributed by atoms with Gasteiger partial charge in [0.1, 0.15) is 12.6 Å². The van der Waals surface area contributed by atoms with Gasteiger partial charge in [-0.05, 0) is 51.4 Å². The number of esters is 2. The van der Waals surface area contributed by atoms with Gasteiger partial charge in [-0.15, -0.1) is 0 Å². The number of hydrogen-bond donors (Lipinski definition) is 0. The Bertz CT molecular complexity index is 1190. The molecule has 8 nitrogen and oxygen atoms in total. The molecule has 0 aliphatic carbocycles. The van der Waals surface area contributed by atoms with Crippen LogP contribution >= 0.6 is 0 Å². The third-order valence-corrected chi connectivity index (χ3v) is 10.2. The highest BCUT2D eigenvalue weighted by atomic mass is 16.6. The Morgan fingerprint density at radius 2 is 0.983 bits per heavy atom. The predicted octanol–water partition coefficient (Wildman–Crippen LogP) is 11.8. The Morgan fingerprint density at radius 3 is 1.49 bits per heavy atom. The van der Waals surface area contributed by atoms with Crippen molar-refractivity contribution in [3.05, 3.63) is 72.9 Å². The molecule has 0 saturated carbocycles. The molecule has 0 bridgehead atoms. The number of ether oxygens (including phenoxy) is 3. The maximum Gasteiger partial charge on any atom is 0.306 e. The molecule has 59 heavy (non-hydrogen) atoms. The second kappa shape index (κ2) is 41.5. The average molecular weight is 826 g/mol. The summed E-state index contributed by atoms with van der Waals surface area (Å²) in [6, 6.07) is -0.740. The van der Waals surface area contributed by atoms with Crippen LogP contribution in [0.5, 0.6) is 0 Å². The number of nitrogens with zero attached hydrogens (tertiary/aromatic N) is 1. The third-order valence-electron chi connectivity index (χ3n) is 10.2. The number of carbonyl (C=O) groups excluding carboxylic acids is 3. The Labute approximate surface area is 361 Å². The summed E-state index contributed by atoms with van der Waals surface area (Å²) < 4.78 is 17.1. The first-order chi connectivity index (χ1) is 28.6. The van der Waals surface area contributed by atoms with Crippen molar-refractivity contribution < 1.29 is 38.2 Å². The van der Waals surface area contributed by atoms with E-state index in [2.05, 4.69) is 32.1 Å². The smallest absolute Gasteiger partial charge is 0.306 e. The molecule has 0 aromatic rings. The SMILES string of the molecule is CC/C=C/C=C/C=C/C=C/C=C/CCCC(=O)OCC(COCCC(C(=O)[O-])[N+](C)(C)C)OC(=O)CCCCCCCCC/C=C/CCCCCCCCCCCCC. The van der Waals surface area contributed by atoms with Gasteiger partial charge in [-0.1, -0.05) is 183 Å². The van der Waals surface area contributed by atoms with E-state index in [0.29, 0.717) is 12.8 Å². The van der Waals surface area contributed by atoms with Crippen molar-refractivity contribution in [2.45, 2.75) is 193 Å². The molecule has 0 spiro atoms. The number of quaternary nitrogens is 1. The molecule has 0 heterocycles. The summed E-state index contributed by atoms with van der Waals surface area (Å²) in [6.07, 6.45) is 52.4. The summed E-state index contributed by atoms with van der Waals surface area (Å²) in [5.74, 6) is -1.84. The normalized spacial score (nSPS) is 13.6. The lowest BCUT2D eigenvalue weighted by atomic mass is 10.0. The van der Waals surface area contributed by atoms with Gasteiger partial charge < -0.3 is 28.6 Å². The molecular weight excluding hydrogens is 739 g/mol. The Morgan fingerprint density at radius 1 is 0.525 bits per heavy atom. The number of allylic oxidation sites excluding steroid dienone is 12. The zero-order valence-corrected chi connectivity index (χ0v) is 38.4. The average Bonchev–Trinajstić information content (AvgIpc) is 3.19. The molecule has 0 aliphatic heterocycles. The Kier molecular flexibility index (Phi) is 39.2. The molecule has 0 rings (SSSR count). The number of aliphatic carboxylic acids is 1. The van der Waals surface area contributed by atoms with E-state index in [1.54, 1.807) is 21.1 Å². The van der Waals surface area contributed by atoms with E-state index < -0.39 is 18.1 Å². The molecule has 2 atom stereocenters. The topological polar surface area (TPSA) is 102 Å². The maximum absolute atomic E-state index is 12.7. The van der Waals surface area contributed by atoms with Crippen LogP contribution in [0.25, 0.3) is 0 Å². The van der Waals surface area contributed by atoms with E-state index in [1.807, 2.05) is 54.7 Å². The molecule has 0 aromatic heterocycles.